The largest absolute Gasteiger partial charge is 1.00 e. The van der Waals surface area contributed by atoms with Crippen LogP contribution in [-0.4, -0.2) is 44.0 Å². The number of rotatable bonds is 2. The number of nitrogens with one attached hydrogen (secondary N) is 1. The molecule has 2 aliphatic rings. The van der Waals surface area contributed by atoms with Crippen molar-refractivity contribution in [3.63, 3.8) is 0 Å². The number of nitrogens with zero attached hydrogens (tertiary/aromatic N) is 1. The van der Waals surface area contributed by atoms with Gasteiger partial charge in [0, 0.05) is 13.1 Å². The standard InChI is InChI=1S/C15H28N2O.ClH/c1-11(13(18)16(5)6)17-9-12-7-8-15(4,10-17)14(12,2)3;/h11-12H,7-10H2,1-6H3;1H. The highest BCUT2D eigenvalue weighted by Gasteiger charge is 2.56. The third-order valence-corrected chi connectivity index (χ3v) is 6.05. The molecule has 1 saturated heterocycles. The fraction of sp³-hybridized carbons (Fsp3) is 0.933. The minimum atomic E-state index is 0. The number of carbonyl (C=O) groups excluding carboxylic acids is 1. The second-order valence-electron chi connectivity index (χ2n) is 7.49. The van der Waals surface area contributed by atoms with E-state index in [1.165, 1.54) is 12.8 Å². The number of amides is 1. The van der Waals surface area contributed by atoms with Crippen molar-refractivity contribution >= 4 is 5.91 Å². The molecule has 1 amide bonds. The monoisotopic (exact) mass is 288 g/mol. The molecule has 3 unspecified atom stereocenters. The van der Waals surface area contributed by atoms with Crippen LogP contribution in [0.25, 0.3) is 0 Å². The number of fused-ring (bicyclic) bond motifs is 2. The SMILES string of the molecule is CC(C(=O)[NH+](C)C)N1CC2CCC(C)(C1)C2(C)C.[Cl-]. The molecule has 1 aliphatic heterocycles. The van der Waals surface area contributed by atoms with E-state index in [0.717, 1.165) is 23.9 Å². The number of likely N-dealkylation sites (tertiary alicyclic amines) is 1. The molecule has 0 spiro atoms. The van der Waals surface area contributed by atoms with Gasteiger partial charge in [0.05, 0.1) is 14.1 Å². The van der Waals surface area contributed by atoms with Crippen molar-refractivity contribution in [2.45, 2.75) is 46.6 Å². The second kappa shape index (κ2) is 5.34. The number of hydrogen-bond donors (Lipinski definition) is 1. The first-order valence-corrected chi connectivity index (χ1v) is 7.27. The van der Waals surface area contributed by atoms with Crippen molar-refractivity contribution in [2.75, 3.05) is 27.2 Å². The zero-order valence-corrected chi connectivity index (χ0v) is 14.0. The molecular formula is C15H29ClN2O. The summed E-state index contributed by atoms with van der Waals surface area (Å²) >= 11 is 0. The summed E-state index contributed by atoms with van der Waals surface area (Å²) < 4.78 is 0. The van der Waals surface area contributed by atoms with Gasteiger partial charge in [0.15, 0.2) is 0 Å². The predicted octanol–water partition coefficient (Wildman–Crippen LogP) is -2.19. The molecule has 1 heterocycles. The first-order chi connectivity index (χ1) is 8.19. The topological polar surface area (TPSA) is 24.8 Å². The first-order valence-electron chi connectivity index (χ1n) is 7.27. The van der Waals surface area contributed by atoms with Crippen molar-refractivity contribution in [1.82, 2.24) is 4.90 Å². The summed E-state index contributed by atoms with van der Waals surface area (Å²) in [6.07, 6.45) is 2.65. The second-order valence-corrected chi connectivity index (χ2v) is 7.49. The van der Waals surface area contributed by atoms with Gasteiger partial charge in [-0.15, -0.1) is 0 Å². The van der Waals surface area contributed by atoms with E-state index < -0.39 is 0 Å². The highest BCUT2D eigenvalue weighted by Crippen LogP contribution is 2.59. The number of likely N-dealkylation sites (N-methyl/N-ethyl adjacent to an activating group) is 1. The van der Waals surface area contributed by atoms with Crippen LogP contribution in [0.2, 0.25) is 0 Å². The van der Waals surface area contributed by atoms with Gasteiger partial charge in [-0.25, -0.2) is 4.79 Å². The fourth-order valence-electron chi connectivity index (χ4n) is 3.95. The number of carbonyl (C=O) groups is 1. The van der Waals surface area contributed by atoms with Crippen LogP contribution in [0.4, 0.5) is 0 Å². The molecule has 1 N–H and O–H groups in total. The summed E-state index contributed by atoms with van der Waals surface area (Å²) in [7, 11) is 3.87. The zero-order chi connectivity index (χ0) is 13.7. The molecule has 2 rings (SSSR count). The summed E-state index contributed by atoms with van der Waals surface area (Å²) in [5, 5.41) is 0. The van der Waals surface area contributed by atoms with Gasteiger partial charge >= 0.3 is 5.91 Å². The molecule has 0 radical (unpaired) electrons. The van der Waals surface area contributed by atoms with Crippen LogP contribution in [0, 0.1) is 16.7 Å². The Labute approximate surface area is 124 Å². The maximum atomic E-state index is 12.2. The van der Waals surface area contributed by atoms with Gasteiger partial charge in [0.25, 0.3) is 0 Å². The van der Waals surface area contributed by atoms with Crippen LogP contribution in [0.3, 0.4) is 0 Å². The molecular weight excluding hydrogens is 260 g/mol. The van der Waals surface area contributed by atoms with Crippen LogP contribution in [0.1, 0.15) is 40.5 Å². The van der Waals surface area contributed by atoms with Gasteiger partial charge in [-0.05, 0) is 36.5 Å². The quantitative estimate of drug-likeness (QED) is 0.624. The molecule has 1 aliphatic carbocycles. The molecule has 0 aromatic carbocycles. The number of quaternary nitrogens is 1. The molecule has 19 heavy (non-hydrogen) atoms. The summed E-state index contributed by atoms with van der Waals surface area (Å²) in [6, 6.07) is 0.0611. The lowest BCUT2D eigenvalue weighted by Crippen LogP contribution is -3.10. The van der Waals surface area contributed by atoms with Gasteiger partial charge < -0.3 is 12.4 Å². The van der Waals surface area contributed by atoms with Crippen molar-refractivity contribution < 1.29 is 22.1 Å². The molecule has 2 bridgehead atoms. The maximum absolute atomic E-state index is 12.2. The minimum Gasteiger partial charge on any atom is -1.00 e. The summed E-state index contributed by atoms with van der Waals surface area (Å²) in [5.74, 6) is 1.07. The van der Waals surface area contributed by atoms with Gasteiger partial charge in [-0.1, -0.05) is 20.8 Å². The average molecular weight is 289 g/mol. The van der Waals surface area contributed by atoms with Crippen LogP contribution in [-0.2, 0) is 4.79 Å². The van der Waals surface area contributed by atoms with E-state index in [9.17, 15) is 4.79 Å². The highest BCUT2D eigenvalue weighted by molar-refractivity contribution is 5.72. The van der Waals surface area contributed by atoms with Gasteiger partial charge in [0.2, 0.25) is 0 Å². The van der Waals surface area contributed by atoms with Crippen LogP contribution in [0.5, 0.6) is 0 Å². The van der Waals surface area contributed by atoms with Crippen LogP contribution < -0.4 is 17.3 Å². The van der Waals surface area contributed by atoms with E-state index in [1.807, 2.05) is 14.1 Å². The molecule has 0 aromatic rings. The Bertz CT molecular complexity index is 356. The Balaban J connectivity index is 0.00000180. The minimum absolute atomic E-state index is 0. The van der Waals surface area contributed by atoms with Crippen molar-refractivity contribution in [2.24, 2.45) is 16.7 Å². The molecule has 3 atom stereocenters. The number of piperidine rings is 1. The maximum Gasteiger partial charge on any atom is 0.328 e. The lowest BCUT2D eigenvalue weighted by Gasteiger charge is -2.51. The summed E-state index contributed by atoms with van der Waals surface area (Å²) in [6.45, 7) is 11.5. The summed E-state index contributed by atoms with van der Waals surface area (Å²) in [4.78, 5) is 15.5. The number of hydrogen-bond acceptors (Lipinski definition) is 2. The highest BCUT2D eigenvalue weighted by atomic mass is 35.5. The molecule has 4 heteroatoms. The Hall–Kier alpha value is -0.120. The van der Waals surface area contributed by atoms with E-state index in [4.69, 9.17) is 0 Å². The average Bonchev–Trinajstić information content (AvgIpc) is 2.44. The van der Waals surface area contributed by atoms with Gasteiger partial charge in [-0.2, -0.15) is 0 Å². The lowest BCUT2D eigenvalue weighted by molar-refractivity contribution is -0.776. The normalized spacial score (nSPS) is 35.0. The molecule has 112 valence electrons. The van der Waals surface area contributed by atoms with Crippen LogP contribution >= 0.6 is 0 Å². The van der Waals surface area contributed by atoms with E-state index >= 15 is 0 Å². The third-order valence-electron chi connectivity index (χ3n) is 6.05. The molecule has 3 nitrogen and oxygen atoms in total. The Morgan fingerprint density at radius 3 is 2.37 bits per heavy atom. The first kappa shape index (κ1) is 16.9. The zero-order valence-electron chi connectivity index (χ0n) is 13.2. The predicted molar refractivity (Wildman–Crippen MR) is 73.5 cm³/mol. The Morgan fingerprint density at radius 2 is 1.89 bits per heavy atom. The Morgan fingerprint density at radius 1 is 1.32 bits per heavy atom. The summed E-state index contributed by atoms with van der Waals surface area (Å²) in [5.41, 5.74) is 0.809. The van der Waals surface area contributed by atoms with E-state index in [1.54, 1.807) is 0 Å². The third kappa shape index (κ3) is 2.57. The molecule has 0 aromatic heterocycles. The van der Waals surface area contributed by atoms with Crippen molar-refractivity contribution in [1.29, 1.82) is 0 Å². The van der Waals surface area contributed by atoms with E-state index in [2.05, 4.69) is 32.6 Å². The van der Waals surface area contributed by atoms with Gasteiger partial charge in [-0.3, -0.25) is 9.80 Å². The van der Waals surface area contributed by atoms with Crippen molar-refractivity contribution in [3.8, 4) is 0 Å². The van der Waals surface area contributed by atoms with Gasteiger partial charge in [0.1, 0.15) is 6.04 Å². The lowest BCUT2D eigenvalue weighted by atomic mass is 9.63. The number of halogens is 1. The van der Waals surface area contributed by atoms with E-state index in [0.29, 0.717) is 16.7 Å². The van der Waals surface area contributed by atoms with E-state index in [-0.39, 0.29) is 18.4 Å². The Kier molecular flexibility index (Phi) is 4.76. The fourth-order valence-corrected chi connectivity index (χ4v) is 3.95. The van der Waals surface area contributed by atoms with Crippen LogP contribution in [0.15, 0.2) is 0 Å². The smallest absolute Gasteiger partial charge is 0.328 e. The molecule has 1 saturated carbocycles. The molecule has 2 fully saturated rings. The van der Waals surface area contributed by atoms with Crippen molar-refractivity contribution in [3.05, 3.63) is 0 Å².